The van der Waals surface area contributed by atoms with Gasteiger partial charge in [-0.15, -0.1) is 0 Å². The molecule has 0 aliphatic carbocycles. The normalized spacial score (nSPS) is 17.7. The summed E-state index contributed by atoms with van der Waals surface area (Å²) in [6, 6.07) is 5.73. The van der Waals surface area contributed by atoms with Crippen LogP contribution in [-0.2, 0) is 23.0 Å². The number of nitrogens with one attached hydrogen (secondary N) is 1. The minimum absolute atomic E-state index is 0.0473. The zero-order chi connectivity index (χ0) is 16.4. The number of primary amides is 1. The summed E-state index contributed by atoms with van der Waals surface area (Å²) >= 11 is 0. The molecule has 0 saturated carbocycles. The van der Waals surface area contributed by atoms with E-state index in [1.54, 1.807) is 6.20 Å². The van der Waals surface area contributed by atoms with Gasteiger partial charge in [0.1, 0.15) is 5.82 Å². The molecule has 0 spiro atoms. The van der Waals surface area contributed by atoms with E-state index in [0.29, 0.717) is 6.54 Å². The maximum Gasteiger partial charge on any atom is 0.248 e. The molecule has 1 amide bonds. The Morgan fingerprint density at radius 2 is 2.26 bits per heavy atom. The van der Waals surface area contributed by atoms with Crippen LogP contribution in [0.2, 0.25) is 0 Å². The van der Waals surface area contributed by atoms with E-state index < -0.39 is 15.9 Å². The number of benzene rings is 1. The summed E-state index contributed by atoms with van der Waals surface area (Å²) in [5, 5.41) is 0. The summed E-state index contributed by atoms with van der Waals surface area (Å²) in [6.07, 6.45) is 5.34. The average Bonchev–Trinajstić information content (AvgIpc) is 3.01. The van der Waals surface area contributed by atoms with Crippen LogP contribution in [0, 0.1) is 5.92 Å². The third kappa shape index (κ3) is 3.43. The lowest BCUT2D eigenvalue weighted by atomic mass is 9.98. The highest BCUT2D eigenvalue weighted by atomic mass is 32.2. The molecule has 3 N–H and O–H groups in total. The molecule has 1 aromatic heterocycles. The molecule has 122 valence electrons. The molecule has 23 heavy (non-hydrogen) atoms. The number of aromatic nitrogens is 2. The minimum atomic E-state index is -3.66. The zero-order valence-electron chi connectivity index (χ0n) is 12.5. The van der Waals surface area contributed by atoms with Gasteiger partial charge in [0.2, 0.25) is 15.9 Å². The predicted molar refractivity (Wildman–Crippen MR) is 84.2 cm³/mol. The monoisotopic (exact) mass is 334 g/mol. The van der Waals surface area contributed by atoms with Gasteiger partial charge in [0.05, 0.1) is 4.90 Å². The van der Waals surface area contributed by atoms with Crippen molar-refractivity contribution in [2.75, 3.05) is 6.54 Å². The fourth-order valence-corrected chi connectivity index (χ4v) is 3.88. The molecule has 1 aliphatic heterocycles. The molecule has 2 heterocycles. The molecular formula is C15H18N4O3S. The van der Waals surface area contributed by atoms with Crippen molar-refractivity contribution < 1.29 is 13.2 Å². The highest BCUT2D eigenvalue weighted by Crippen LogP contribution is 2.19. The molecule has 1 aliphatic rings. The van der Waals surface area contributed by atoms with Crippen LogP contribution in [0.1, 0.15) is 22.6 Å². The van der Waals surface area contributed by atoms with E-state index in [-0.39, 0.29) is 16.4 Å². The number of carbonyl (C=O) groups is 1. The van der Waals surface area contributed by atoms with Crippen LogP contribution in [0.3, 0.4) is 0 Å². The molecular weight excluding hydrogens is 316 g/mol. The molecule has 0 bridgehead atoms. The number of nitrogens with zero attached hydrogens (tertiary/aromatic N) is 2. The molecule has 2 aromatic rings. The van der Waals surface area contributed by atoms with Crippen LogP contribution >= 0.6 is 0 Å². The zero-order valence-corrected chi connectivity index (χ0v) is 13.3. The van der Waals surface area contributed by atoms with Gasteiger partial charge in [0.15, 0.2) is 0 Å². The lowest BCUT2D eigenvalue weighted by molar-refractivity contribution is 0.1000. The fraction of sp³-hybridized carbons (Fsp3) is 0.333. The van der Waals surface area contributed by atoms with Gasteiger partial charge >= 0.3 is 0 Å². The SMILES string of the molecule is NC(=O)c1cccc(S(=O)(=O)NC[C@@H]2CCn3ccnc3C2)c1. The van der Waals surface area contributed by atoms with Crippen molar-refractivity contribution in [3.05, 3.63) is 48.0 Å². The molecule has 3 rings (SSSR count). The second kappa shape index (κ2) is 6.13. The van der Waals surface area contributed by atoms with Crippen molar-refractivity contribution in [2.24, 2.45) is 11.7 Å². The first-order valence-electron chi connectivity index (χ1n) is 7.35. The Morgan fingerprint density at radius 3 is 3.04 bits per heavy atom. The summed E-state index contributed by atoms with van der Waals surface area (Å²) in [5.41, 5.74) is 5.36. The van der Waals surface area contributed by atoms with Crippen molar-refractivity contribution >= 4 is 15.9 Å². The summed E-state index contributed by atoms with van der Waals surface area (Å²) in [5.74, 6) is 0.538. The maximum atomic E-state index is 12.4. The molecule has 8 heteroatoms. The summed E-state index contributed by atoms with van der Waals surface area (Å²) in [4.78, 5) is 15.5. The maximum absolute atomic E-state index is 12.4. The largest absolute Gasteiger partial charge is 0.366 e. The number of hydrogen-bond acceptors (Lipinski definition) is 4. The average molecular weight is 334 g/mol. The number of sulfonamides is 1. The smallest absolute Gasteiger partial charge is 0.248 e. The van der Waals surface area contributed by atoms with Gasteiger partial charge < -0.3 is 10.3 Å². The number of imidazole rings is 1. The van der Waals surface area contributed by atoms with Gasteiger partial charge in [-0.05, 0) is 30.5 Å². The number of fused-ring (bicyclic) bond motifs is 1. The summed E-state index contributed by atoms with van der Waals surface area (Å²) < 4.78 is 29.4. The third-order valence-electron chi connectivity index (χ3n) is 4.04. The van der Waals surface area contributed by atoms with E-state index in [2.05, 4.69) is 14.3 Å². The van der Waals surface area contributed by atoms with Crippen LogP contribution in [-0.4, -0.2) is 30.4 Å². The van der Waals surface area contributed by atoms with Crippen molar-refractivity contribution in [2.45, 2.75) is 24.3 Å². The number of carbonyl (C=O) groups excluding carboxylic acids is 1. The van der Waals surface area contributed by atoms with Gasteiger partial charge in [0, 0.05) is 37.5 Å². The van der Waals surface area contributed by atoms with Crippen LogP contribution in [0.25, 0.3) is 0 Å². The molecule has 0 fully saturated rings. The van der Waals surface area contributed by atoms with Gasteiger partial charge in [-0.2, -0.15) is 0 Å². The van der Waals surface area contributed by atoms with Crippen molar-refractivity contribution in [3.8, 4) is 0 Å². The highest BCUT2D eigenvalue weighted by Gasteiger charge is 2.22. The van der Waals surface area contributed by atoms with Gasteiger partial charge in [-0.1, -0.05) is 6.07 Å². The number of nitrogens with two attached hydrogens (primary N) is 1. The van der Waals surface area contributed by atoms with Crippen molar-refractivity contribution in [3.63, 3.8) is 0 Å². The highest BCUT2D eigenvalue weighted by molar-refractivity contribution is 7.89. The quantitative estimate of drug-likeness (QED) is 0.831. The molecule has 1 aromatic carbocycles. The van der Waals surface area contributed by atoms with Gasteiger partial charge in [-0.3, -0.25) is 4.79 Å². The lowest BCUT2D eigenvalue weighted by Crippen LogP contribution is -2.33. The van der Waals surface area contributed by atoms with Crippen LogP contribution in [0.5, 0.6) is 0 Å². The topological polar surface area (TPSA) is 107 Å². The second-order valence-electron chi connectivity index (χ2n) is 5.64. The summed E-state index contributed by atoms with van der Waals surface area (Å²) in [6.45, 7) is 1.19. The van der Waals surface area contributed by atoms with E-state index in [1.807, 2.05) is 6.20 Å². The molecule has 1 atom stereocenters. The second-order valence-corrected chi connectivity index (χ2v) is 7.41. The fourth-order valence-electron chi connectivity index (χ4n) is 2.72. The number of hydrogen-bond donors (Lipinski definition) is 2. The third-order valence-corrected chi connectivity index (χ3v) is 5.46. The Labute approximate surface area is 134 Å². The number of aryl methyl sites for hydroxylation is 1. The Balaban J connectivity index is 1.68. The summed E-state index contributed by atoms with van der Waals surface area (Å²) in [7, 11) is -3.66. The van der Waals surface area contributed by atoms with Crippen LogP contribution < -0.4 is 10.5 Å². The standard InChI is InChI=1S/C15H18N4O3S/c16-15(20)12-2-1-3-13(9-12)23(21,22)18-10-11-4-6-19-7-5-17-14(19)8-11/h1-3,5,7,9,11,18H,4,6,8,10H2,(H2,16,20)/t11-/m1/s1. The van der Waals surface area contributed by atoms with Crippen LogP contribution in [0.4, 0.5) is 0 Å². The van der Waals surface area contributed by atoms with Gasteiger partial charge in [-0.25, -0.2) is 18.1 Å². The van der Waals surface area contributed by atoms with E-state index in [4.69, 9.17) is 5.73 Å². The Bertz CT molecular complexity index is 829. The van der Waals surface area contributed by atoms with Crippen LogP contribution in [0.15, 0.2) is 41.6 Å². The van der Waals surface area contributed by atoms with Crippen molar-refractivity contribution in [1.82, 2.24) is 14.3 Å². The lowest BCUT2D eigenvalue weighted by Gasteiger charge is -2.23. The molecule has 0 saturated heterocycles. The Morgan fingerprint density at radius 1 is 1.43 bits per heavy atom. The minimum Gasteiger partial charge on any atom is -0.366 e. The number of amides is 1. The first-order chi connectivity index (χ1) is 11.0. The molecule has 7 nitrogen and oxygen atoms in total. The van der Waals surface area contributed by atoms with E-state index in [9.17, 15) is 13.2 Å². The number of rotatable bonds is 5. The van der Waals surface area contributed by atoms with E-state index in [1.165, 1.54) is 24.3 Å². The first kappa shape index (κ1) is 15.7. The van der Waals surface area contributed by atoms with Gasteiger partial charge in [0.25, 0.3) is 0 Å². The van der Waals surface area contributed by atoms with Crippen molar-refractivity contribution in [1.29, 1.82) is 0 Å². The molecule has 0 radical (unpaired) electrons. The predicted octanol–water partition coefficient (Wildman–Crippen LogP) is 0.523. The van der Waals surface area contributed by atoms with E-state index >= 15 is 0 Å². The Hall–Kier alpha value is -2.19. The van der Waals surface area contributed by atoms with E-state index in [0.717, 1.165) is 25.2 Å². The Kier molecular flexibility index (Phi) is 4.18. The molecule has 0 unspecified atom stereocenters. The first-order valence-corrected chi connectivity index (χ1v) is 8.83.